The van der Waals surface area contributed by atoms with Gasteiger partial charge in [-0.3, -0.25) is 0 Å². The first-order valence-electron chi connectivity index (χ1n) is 5.50. The summed E-state index contributed by atoms with van der Waals surface area (Å²) in [6.07, 6.45) is 8.46. The number of fused-ring (bicyclic) bond motifs is 1. The fraction of sp³-hybridized carbons (Fsp3) is 0.833. The van der Waals surface area contributed by atoms with E-state index in [1.165, 1.54) is 43.0 Å². The molecular weight excluding hydrogens is 224 g/mol. The van der Waals surface area contributed by atoms with Crippen LogP contribution in [0.15, 0.2) is 10.1 Å². The summed E-state index contributed by atoms with van der Waals surface area (Å²) in [5.41, 5.74) is 2.17. The molecule has 2 aliphatic rings. The lowest BCUT2D eigenvalue weighted by Crippen LogP contribution is -2.25. The molecule has 0 spiro atoms. The summed E-state index contributed by atoms with van der Waals surface area (Å²) in [5.74, 6) is 0.927. The van der Waals surface area contributed by atoms with Crippen molar-refractivity contribution in [3.8, 4) is 0 Å². The molecule has 0 bridgehead atoms. The highest BCUT2D eigenvalue weighted by Gasteiger charge is 2.34. The molecular formula is C12H19Br. The Morgan fingerprint density at radius 3 is 2.77 bits per heavy atom. The largest absolute Gasteiger partial charge is 0.0564 e. The zero-order chi connectivity index (χ0) is 9.47. The normalized spacial score (nSPS) is 33.0. The molecule has 0 amide bonds. The molecule has 0 aromatic heterocycles. The van der Waals surface area contributed by atoms with Crippen LogP contribution in [0.5, 0.6) is 0 Å². The second kappa shape index (κ2) is 3.42. The van der Waals surface area contributed by atoms with Crippen LogP contribution < -0.4 is 0 Å². The molecule has 1 fully saturated rings. The van der Waals surface area contributed by atoms with Crippen LogP contribution in [0.3, 0.4) is 0 Å². The molecule has 0 saturated heterocycles. The number of hydrogen-bond acceptors (Lipinski definition) is 0. The maximum atomic E-state index is 3.83. The first kappa shape index (κ1) is 9.76. The second-order valence-corrected chi connectivity index (χ2v) is 6.00. The molecule has 1 saturated carbocycles. The fourth-order valence-electron chi connectivity index (χ4n) is 2.77. The van der Waals surface area contributed by atoms with Crippen LogP contribution >= 0.6 is 15.9 Å². The van der Waals surface area contributed by atoms with Gasteiger partial charge in [-0.2, -0.15) is 0 Å². The summed E-state index contributed by atoms with van der Waals surface area (Å²) in [4.78, 5) is 0. The Labute approximate surface area is 89.9 Å². The van der Waals surface area contributed by atoms with E-state index >= 15 is 0 Å². The minimum absolute atomic E-state index is 0.420. The van der Waals surface area contributed by atoms with Crippen LogP contribution in [-0.2, 0) is 0 Å². The average molecular weight is 243 g/mol. The Kier molecular flexibility index (Phi) is 2.57. The van der Waals surface area contributed by atoms with E-state index in [1.54, 1.807) is 5.57 Å². The van der Waals surface area contributed by atoms with Gasteiger partial charge < -0.3 is 0 Å². The minimum atomic E-state index is 0.420. The number of allylic oxidation sites excluding steroid dienone is 2. The lowest BCUT2D eigenvalue weighted by Gasteiger charge is -2.39. The SMILES string of the molecule is CC1(C)CCC2CCCCC2=C1Br. The van der Waals surface area contributed by atoms with Gasteiger partial charge in [0.25, 0.3) is 0 Å². The van der Waals surface area contributed by atoms with Gasteiger partial charge in [-0.15, -0.1) is 0 Å². The van der Waals surface area contributed by atoms with Gasteiger partial charge in [-0.25, -0.2) is 0 Å². The maximum absolute atomic E-state index is 3.83. The van der Waals surface area contributed by atoms with Crippen molar-refractivity contribution in [2.24, 2.45) is 11.3 Å². The molecule has 74 valence electrons. The minimum Gasteiger partial charge on any atom is -0.0564 e. The van der Waals surface area contributed by atoms with Gasteiger partial charge >= 0.3 is 0 Å². The molecule has 0 nitrogen and oxygen atoms in total. The van der Waals surface area contributed by atoms with E-state index in [1.807, 2.05) is 0 Å². The predicted molar refractivity (Wildman–Crippen MR) is 60.9 cm³/mol. The smallest absolute Gasteiger partial charge is 0.000183 e. The highest BCUT2D eigenvalue weighted by Crippen LogP contribution is 2.50. The van der Waals surface area contributed by atoms with Crippen molar-refractivity contribution in [2.75, 3.05) is 0 Å². The van der Waals surface area contributed by atoms with E-state index in [-0.39, 0.29) is 0 Å². The fourth-order valence-corrected chi connectivity index (χ4v) is 3.49. The van der Waals surface area contributed by atoms with E-state index in [2.05, 4.69) is 29.8 Å². The van der Waals surface area contributed by atoms with Crippen molar-refractivity contribution in [1.29, 1.82) is 0 Å². The van der Waals surface area contributed by atoms with Gasteiger partial charge in [0.15, 0.2) is 0 Å². The Morgan fingerprint density at radius 2 is 2.00 bits per heavy atom. The average Bonchev–Trinajstić information content (AvgIpc) is 2.13. The van der Waals surface area contributed by atoms with Gasteiger partial charge in [-0.05, 0) is 43.4 Å². The molecule has 1 atom stereocenters. The molecule has 13 heavy (non-hydrogen) atoms. The van der Waals surface area contributed by atoms with Gasteiger partial charge in [0, 0.05) is 4.48 Å². The van der Waals surface area contributed by atoms with E-state index < -0.39 is 0 Å². The number of halogens is 1. The van der Waals surface area contributed by atoms with Gasteiger partial charge in [0.2, 0.25) is 0 Å². The van der Waals surface area contributed by atoms with Crippen molar-refractivity contribution in [2.45, 2.75) is 52.4 Å². The van der Waals surface area contributed by atoms with E-state index in [9.17, 15) is 0 Å². The van der Waals surface area contributed by atoms with E-state index in [0.717, 1.165) is 5.92 Å². The summed E-state index contributed by atoms with van der Waals surface area (Å²) < 4.78 is 1.54. The Bertz CT molecular complexity index is 238. The molecule has 2 aliphatic carbocycles. The Balaban J connectivity index is 2.30. The highest BCUT2D eigenvalue weighted by atomic mass is 79.9. The summed E-state index contributed by atoms with van der Waals surface area (Å²) in [6, 6.07) is 0. The third-order valence-corrected chi connectivity index (χ3v) is 5.32. The molecule has 2 rings (SSSR count). The highest BCUT2D eigenvalue weighted by molar-refractivity contribution is 9.11. The predicted octanol–water partition coefficient (Wildman–Crippen LogP) is 4.65. The molecule has 0 aliphatic heterocycles. The van der Waals surface area contributed by atoms with Crippen LogP contribution in [0.2, 0.25) is 0 Å². The van der Waals surface area contributed by atoms with E-state index in [0.29, 0.717) is 5.41 Å². The lowest BCUT2D eigenvalue weighted by molar-refractivity contribution is 0.302. The monoisotopic (exact) mass is 242 g/mol. The zero-order valence-electron chi connectivity index (χ0n) is 8.70. The molecule has 0 heterocycles. The van der Waals surface area contributed by atoms with Crippen molar-refractivity contribution in [3.63, 3.8) is 0 Å². The summed E-state index contributed by atoms with van der Waals surface area (Å²) in [6.45, 7) is 4.74. The van der Waals surface area contributed by atoms with Crippen LogP contribution in [0.4, 0.5) is 0 Å². The Hall–Kier alpha value is 0.220. The number of hydrogen-bond donors (Lipinski definition) is 0. The van der Waals surface area contributed by atoms with Crippen molar-refractivity contribution in [1.82, 2.24) is 0 Å². The summed E-state index contributed by atoms with van der Waals surface area (Å²) >= 11 is 3.83. The topological polar surface area (TPSA) is 0 Å². The standard InChI is InChI=1S/C12H19Br/c1-12(2)8-7-9-5-3-4-6-10(9)11(12)13/h9H,3-8H2,1-2H3. The summed E-state index contributed by atoms with van der Waals surface area (Å²) in [5, 5.41) is 0. The molecule has 1 heteroatoms. The van der Waals surface area contributed by atoms with Crippen LogP contribution in [0.25, 0.3) is 0 Å². The molecule has 0 radical (unpaired) electrons. The van der Waals surface area contributed by atoms with Crippen molar-refractivity contribution < 1.29 is 0 Å². The van der Waals surface area contributed by atoms with E-state index in [4.69, 9.17) is 0 Å². The third kappa shape index (κ3) is 1.72. The first-order chi connectivity index (χ1) is 6.11. The third-order valence-electron chi connectivity index (χ3n) is 3.74. The van der Waals surface area contributed by atoms with Crippen LogP contribution in [-0.4, -0.2) is 0 Å². The van der Waals surface area contributed by atoms with Crippen molar-refractivity contribution >= 4 is 15.9 Å². The summed E-state index contributed by atoms with van der Waals surface area (Å²) in [7, 11) is 0. The lowest BCUT2D eigenvalue weighted by atomic mass is 9.70. The Morgan fingerprint density at radius 1 is 1.23 bits per heavy atom. The quantitative estimate of drug-likeness (QED) is 0.581. The van der Waals surface area contributed by atoms with Gasteiger partial charge in [0.1, 0.15) is 0 Å². The molecule has 0 aromatic rings. The maximum Gasteiger partial charge on any atom is 0.000183 e. The first-order valence-corrected chi connectivity index (χ1v) is 6.29. The second-order valence-electron chi connectivity index (χ2n) is 5.20. The molecule has 1 unspecified atom stereocenters. The van der Waals surface area contributed by atoms with Crippen LogP contribution in [0, 0.1) is 11.3 Å². The van der Waals surface area contributed by atoms with Crippen molar-refractivity contribution in [3.05, 3.63) is 10.1 Å². The number of rotatable bonds is 0. The molecule has 0 N–H and O–H groups in total. The zero-order valence-corrected chi connectivity index (χ0v) is 10.3. The van der Waals surface area contributed by atoms with Gasteiger partial charge in [0.05, 0.1) is 0 Å². The molecule has 0 aromatic carbocycles. The van der Waals surface area contributed by atoms with Gasteiger partial charge in [-0.1, -0.05) is 41.8 Å². The van der Waals surface area contributed by atoms with Crippen LogP contribution in [0.1, 0.15) is 52.4 Å².